The SMILES string of the molecule is CC(C)(C)[C@@H]1CCc2noc(C3CCN(C(=O)CCCN4C(=O)CNC4=O)CC3)c2C1. The van der Waals surface area contributed by atoms with Crippen molar-refractivity contribution in [3.8, 4) is 0 Å². The Bertz CT molecular complexity index is 832. The van der Waals surface area contributed by atoms with Crippen LogP contribution in [0.25, 0.3) is 0 Å². The fourth-order valence-electron chi connectivity index (χ4n) is 5.11. The number of nitrogens with one attached hydrogen (secondary N) is 1. The molecule has 0 bridgehead atoms. The van der Waals surface area contributed by atoms with Gasteiger partial charge in [-0.1, -0.05) is 25.9 Å². The molecule has 0 radical (unpaired) electrons. The summed E-state index contributed by atoms with van der Waals surface area (Å²) in [6, 6.07) is -0.359. The van der Waals surface area contributed by atoms with Crippen molar-refractivity contribution in [1.29, 1.82) is 0 Å². The van der Waals surface area contributed by atoms with Gasteiger partial charge in [-0.2, -0.15) is 0 Å². The first kappa shape index (κ1) is 21.8. The normalized spacial score (nSPS) is 22.6. The molecule has 0 aromatic carbocycles. The minimum absolute atomic E-state index is 0.0577. The molecule has 3 heterocycles. The number of urea groups is 1. The van der Waals surface area contributed by atoms with E-state index in [0.29, 0.717) is 44.3 Å². The minimum atomic E-state index is -0.359. The van der Waals surface area contributed by atoms with E-state index in [2.05, 4.69) is 31.2 Å². The highest BCUT2D eigenvalue weighted by Gasteiger charge is 2.35. The van der Waals surface area contributed by atoms with Crippen LogP contribution < -0.4 is 5.32 Å². The summed E-state index contributed by atoms with van der Waals surface area (Å²) in [6.45, 7) is 8.72. The van der Waals surface area contributed by atoms with Gasteiger partial charge in [0.25, 0.3) is 0 Å². The van der Waals surface area contributed by atoms with E-state index < -0.39 is 0 Å². The number of rotatable bonds is 5. The van der Waals surface area contributed by atoms with Crippen molar-refractivity contribution in [1.82, 2.24) is 20.3 Å². The zero-order valence-electron chi connectivity index (χ0n) is 18.9. The lowest BCUT2D eigenvalue weighted by Gasteiger charge is -2.35. The van der Waals surface area contributed by atoms with Crippen LogP contribution in [0.1, 0.15) is 75.8 Å². The Morgan fingerprint density at radius 2 is 1.94 bits per heavy atom. The Morgan fingerprint density at radius 1 is 1.19 bits per heavy atom. The van der Waals surface area contributed by atoms with Gasteiger partial charge in [0.2, 0.25) is 11.8 Å². The second-order valence-corrected chi connectivity index (χ2v) is 10.2. The number of piperidine rings is 1. The van der Waals surface area contributed by atoms with Gasteiger partial charge in [0.1, 0.15) is 5.76 Å². The summed E-state index contributed by atoms with van der Waals surface area (Å²) < 4.78 is 5.83. The molecule has 0 spiro atoms. The predicted molar refractivity (Wildman–Crippen MR) is 114 cm³/mol. The zero-order chi connectivity index (χ0) is 22.2. The van der Waals surface area contributed by atoms with Crippen LogP contribution in [0, 0.1) is 11.3 Å². The average molecular weight is 431 g/mol. The summed E-state index contributed by atoms with van der Waals surface area (Å²) in [7, 11) is 0. The molecule has 31 heavy (non-hydrogen) atoms. The zero-order valence-corrected chi connectivity index (χ0v) is 18.9. The van der Waals surface area contributed by atoms with E-state index in [1.165, 1.54) is 16.9 Å². The van der Waals surface area contributed by atoms with Crippen molar-refractivity contribution in [3.63, 3.8) is 0 Å². The number of carbonyl (C=O) groups is 3. The number of aromatic nitrogens is 1. The molecule has 1 aromatic rings. The Kier molecular flexibility index (Phi) is 6.08. The molecule has 0 unspecified atom stereocenters. The molecule has 2 fully saturated rings. The lowest BCUT2D eigenvalue weighted by Crippen LogP contribution is -2.39. The number of fused-ring (bicyclic) bond motifs is 1. The van der Waals surface area contributed by atoms with Gasteiger partial charge in [-0.3, -0.25) is 14.5 Å². The maximum absolute atomic E-state index is 12.6. The number of likely N-dealkylation sites (tertiary alicyclic amines) is 1. The number of carbonyl (C=O) groups excluding carboxylic acids is 3. The van der Waals surface area contributed by atoms with Crippen molar-refractivity contribution in [2.45, 2.75) is 71.6 Å². The number of hydrogen-bond acceptors (Lipinski definition) is 5. The van der Waals surface area contributed by atoms with Crippen LogP contribution in [-0.2, 0) is 22.4 Å². The van der Waals surface area contributed by atoms with Crippen LogP contribution in [0.2, 0.25) is 0 Å². The Hall–Kier alpha value is -2.38. The second-order valence-electron chi connectivity index (χ2n) is 10.2. The molecular formula is C23H34N4O4. The van der Waals surface area contributed by atoms with E-state index in [4.69, 9.17) is 4.52 Å². The number of amides is 4. The van der Waals surface area contributed by atoms with E-state index >= 15 is 0 Å². The first-order valence-electron chi connectivity index (χ1n) is 11.6. The maximum Gasteiger partial charge on any atom is 0.324 e. The third-order valence-corrected chi connectivity index (χ3v) is 7.23. The molecule has 2 aliphatic heterocycles. The van der Waals surface area contributed by atoms with Crippen molar-refractivity contribution >= 4 is 17.8 Å². The molecule has 8 nitrogen and oxygen atoms in total. The van der Waals surface area contributed by atoms with E-state index in [-0.39, 0.29) is 29.8 Å². The maximum atomic E-state index is 12.6. The van der Waals surface area contributed by atoms with Gasteiger partial charge in [0.15, 0.2) is 0 Å². The van der Waals surface area contributed by atoms with Gasteiger partial charge in [-0.15, -0.1) is 0 Å². The van der Waals surface area contributed by atoms with Gasteiger partial charge in [0, 0.05) is 37.5 Å². The van der Waals surface area contributed by atoms with Gasteiger partial charge >= 0.3 is 6.03 Å². The van der Waals surface area contributed by atoms with Gasteiger partial charge < -0.3 is 14.7 Å². The Morgan fingerprint density at radius 3 is 2.58 bits per heavy atom. The molecule has 1 aromatic heterocycles. The van der Waals surface area contributed by atoms with E-state index in [1.807, 2.05) is 4.90 Å². The third kappa shape index (κ3) is 4.62. The molecule has 170 valence electrons. The number of aryl methyl sites for hydroxylation is 1. The van der Waals surface area contributed by atoms with Crippen LogP contribution >= 0.6 is 0 Å². The molecule has 4 rings (SSSR count). The fraction of sp³-hybridized carbons (Fsp3) is 0.739. The van der Waals surface area contributed by atoms with Gasteiger partial charge in [-0.05, 0) is 49.9 Å². The lowest BCUT2D eigenvalue weighted by atomic mass is 9.71. The quantitative estimate of drug-likeness (QED) is 0.725. The molecule has 3 aliphatic rings. The first-order valence-corrected chi connectivity index (χ1v) is 11.6. The summed E-state index contributed by atoms with van der Waals surface area (Å²) in [5.74, 6) is 1.89. The van der Waals surface area contributed by atoms with Gasteiger partial charge in [-0.25, -0.2) is 4.79 Å². The molecule has 1 N–H and O–H groups in total. The topological polar surface area (TPSA) is 95.8 Å². The molecule has 0 saturated carbocycles. The van der Waals surface area contributed by atoms with E-state index in [0.717, 1.165) is 37.1 Å². The fourth-order valence-corrected chi connectivity index (χ4v) is 5.11. The summed E-state index contributed by atoms with van der Waals surface area (Å²) in [6.07, 6.45) is 5.84. The van der Waals surface area contributed by atoms with Crippen LogP contribution in [0.5, 0.6) is 0 Å². The monoisotopic (exact) mass is 430 g/mol. The van der Waals surface area contributed by atoms with E-state index in [9.17, 15) is 14.4 Å². The number of nitrogens with zero attached hydrogens (tertiary/aromatic N) is 3. The van der Waals surface area contributed by atoms with Crippen molar-refractivity contribution in [2.75, 3.05) is 26.2 Å². The number of hydrogen-bond donors (Lipinski definition) is 1. The third-order valence-electron chi connectivity index (χ3n) is 7.23. The summed E-state index contributed by atoms with van der Waals surface area (Å²) in [5.41, 5.74) is 2.74. The van der Waals surface area contributed by atoms with Gasteiger partial charge in [0.05, 0.1) is 12.2 Å². The largest absolute Gasteiger partial charge is 0.361 e. The summed E-state index contributed by atoms with van der Waals surface area (Å²) >= 11 is 0. The highest BCUT2D eigenvalue weighted by atomic mass is 16.5. The first-order chi connectivity index (χ1) is 14.7. The van der Waals surface area contributed by atoms with Crippen molar-refractivity contribution in [3.05, 3.63) is 17.0 Å². The molecular weight excluding hydrogens is 396 g/mol. The Balaban J connectivity index is 1.28. The molecule has 2 saturated heterocycles. The van der Waals surface area contributed by atoms with Crippen LogP contribution in [0.15, 0.2) is 4.52 Å². The highest BCUT2D eigenvalue weighted by Crippen LogP contribution is 2.41. The second kappa shape index (κ2) is 8.63. The smallest absolute Gasteiger partial charge is 0.324 e. The molecule has 8 heteroatoms. The lowest BCUT2D eigenvalue weighted by molar-refractivity contribution is -0.133. The standard InChI is InChI=1S/C23H34N4O4/c1-23(2,3)16-6-7-18-17(13-16)21(31-25-18)15-8-11-26(12-9-15)19(28)5-4-10-27-20(29)14-24-22(27)30/h15-16H,4-14H2,1-3H3,(H,24,30)/t16-/m1/s1. The van der Waals surface area contributed by atoms with Crippen LogP contribution in [0.4, 0.5) is 4.79 Å². The summed E-state index contributed by atoms with van der Waals surface area (Å²) in [5, 5.41) is 6.87. The van der Waals surface area contributed by atoms with Crippen LogP contribution in [0.3, 0.4) is 0 Å². The van der Waals surface area contributed by atoms with Crippen molar-refractivity contribution < 1.29 is 18.9 Å². The molecule has 4 amide bonds. The van der Waals surface area contributed by atoms with Crippen molar-refractivity contribution in [2.24, 2.45) is 11.3 Å². The predicted octanol–water partition coefficient (Wildman–Crippen LogP) is 2.86. The molecule has 1 atom stereocenters. The Labute approximate surface area is 183 Å². The minimum Gasteiger partial charge on any atom is -0.361 e. The molecule has 1 aliphatic carbocycles. The van der Waals surface area contributed by atoms with Crippen LogP contribution in [-0.4, -0.2) is 59.0 Å². The summed E-state index contributed by atoms with van der Waals surface area (Å²) in [4.78, 5) is 38.9. The number of imide groups is 1. The average Bonchev–Trinajstić information content (AvgIpc) is 3.30. The highest BCUT2D eigenvalue weighted by molar-refractivity contribution is 6.01. The van der Waals surface area contributed by atoms with E-state index in [1.54, 1.807) is 0 Å².